The number of likely N-dealkylation sites (N-methyl/N-ethyl adjacent to an activating group) is 1. The molecule has 0 bridgehead atoms. The van der Waals surface area contributed by atoms with Gasteiger partial charge in [0.1, 0.15) is 0 Å². The number of hydrogen-bond acceptors (Lipinski definition) is 3. The van der Waals surface area contributed by atoms with Gasteiger partial charge >= 0.3 is 0 Å². The normalized spacial score (nSPS) is 10.6. The maximum absolute atomic E-state index is 11.1. The second kappa shape index (κ2) is 8.97. The van der Waals surface area contributed by atoms with Crippen molar-refractivity contribution in [3.05, 3.63) is 0 Å². The summed E-state index contributed by atoms with van der Waals surface area (Å²) in [7, 11) is 0. The van der Waals surface area contributed by atoms with Gasteiger partial charge in [0, 0.05) is 13.2 Å². The third-order valence-electron chi connectivity index (χ3n) is 1.63. The van der Waals surface area contributed by atoms with E-state index in [1.807, 2.05) is 20.8 Å². The molecule has 0 aromatic rings. The van der Waals surface area contributed by atoms with Crippen molar-refractivity contribution in [2.75, 3.05) is 26.2 Å². The van der Waals surface area contributed by atoms with E-state index < -0.39 is 0 Å². The Kier molecular flexibility index (Phi) is 8.57. The Balaban J connectivity index is 3.15. The highest BCUT2D eigenvalue weighted by molar-refractivity contribution is 5.77. The topological polar surface area (TPSA) is 50.4 Å². The largest absolute Gasteiger partial charge is 0.379 e. The van der Waals surface area contributed by atoms with Gasteiger partial charge in [0.25, 0.3) is 0 Å². The number of amides is 1. The number of ether oxygens (including phenoxy) is 1. The van der Waals surface area contributed by atoms with Crippen molar-refractivity contribution in [2.24, 2.45) is 0 Å². The quantitative estimate of drug-likeness (QED) is 0.564. The lowest BCUT2D eigenvalue weighted by molar-refractivity contribution is -0.120. The molecule has 0 unspecified atom stereocenters. The van der Waals surface area contributed by atoms with Crippen molar-refractivity contribution < 1.29 is 9.53 Å². The Morgan fingerprint density at radius 1 is 1.43 bits per heavy atom. The van der Waals surface area contributed by atoms with E-state index in [0.717, 1.165) is 13.0 Å². The van der Waals surface area contributed by atoms with E-state index in [-0.39, 0.29) is 12.0 Å². The Bertz CT molecular complexity index is 149. The summed E-state index contributed by atoms with van der Waals surface area (Å²) in [5.74, 6) is 0.0522. The van der Waals surface area contributed by atoms with Crippen LogP contribution in [0.1, 0.15) is 27.2 Å². The first kappa shape index (κ1) is 13.4. The zero-order chi connectivity index (χ0) is 10.8. The van der Waals surface area contributed by atoms with Crippen molar-refractivity contribution in [1.29, 1.82) is 0 Å². The predicted octanol–water partition coefficient (Wildman–Crippen LogP) is 0.527. The van der Waals surface area contributed by atoms with Gasteiger partial charge in [-0.2, -0.15) is 0 Å². The third-order valence-corrected chi connectivity index (χ3v) is 1.63. The second-order valence-corrected chi connectivity index (χ2v) is 3.40. The molecule has 2 N–H and O–H groups in total. The molecule has 0 fully saturated rings. The molecular weight excluding hydrogens is 180 g/mol. The summed E-state index contributed by atoms with van der Waals surface area (Å²) in [6.07, 6.45) is 1.14. The highest BCUT2D eigenvalue weighted by Gasteiger charge is 1.98. The minimum atomic E-state index is 0.0522. The molecule has 1 amide bonds. The molecule has 0 rings (SSSR count). The Labute approximate surface area is 86.4 Å². The number of carbonyl (C=O) groups excluding carboxylic acids is 1. The van der Waals surface area contributed by atoms with Gasteiger partial charge in [-0.1, -0.05) is 6.92 Å². The zero-order valence-electron chi connectivity index (χ0n) is 9.43. The molecule has 14 heavy (non-hydrogen) atoms. The van der Waals surface area contributed by atoms with E-state index in [1.54, 1.807) is 0 Å². The first-order valence-electron chi connectivity index (χ1n) is 5.25. The van der Waals surface area contributed by atoms with Crippen molar-refractivity contribution >= 4 is 5.91 Å². The standard InChI is InChI=1S/C10H22N2O2/c1-4-11-8-10(13)12-6-5-7-14-9(2)3/h9,11H,4-8H2,1-3H3,(H,12,13). The third kappa shape index (κ3) is 9.48. The molecule has 4 nitrogen and oxygen atoms in total. The molecular formula is C10H22N2O2. The minimum Gasteiger partial charge on any atom is -0.379 e. The van der Waals surface area contributed by atoms with Crippen molar-refractivity contribution in [3.8, 4) is 0 Å². The minimum absolute atomic E-state index is 0.0522. The second-order valence-electron chi connectivity index (χ2n) is 3.40. The fourth-order valence-electron chi connectivity index (χ4n) is 0.920. The summed E-state index contributed by atoms with van der Waals surface area (Å²) in [6.45, 7) is 8.61. The van der Waals surface area contributed by atoms with Gasteiger partial charge in [0.05, 0.1) is 12.6 Å². The highest BCUT2D eigenvalue weighted by atomic mass is 16.5. The van der Waals surface area contributed by atoms with Gasteiger partial charge in [-0.25, -0.2) is 0 Å². The first-order valence-corrected chi connectivity index (χ1v) is 5.25. The van der Waals surface area contributed by atoms with Gasteiger partial charge in [-0.05, 0) is 26.8 Å². The SMILES string of the molecule is CCNCC(=O)NCCCOC(C)C. The summed E-state index contributed by atoms with van der Waals surface area (Å²) in [4.78, 5) is 11.1. The van der Waals surface area contributed by atoms with Gasteiger partial charge in [0.15, 0.2) is 0 Å². The van der Waals surface area contributed by atoms with E-state index in [0.29, 0.717) is 19.7 Å². The lowest BCUT2D eigenvalue weighted by Gasteiger charge is -2.08. The average Bonchev–Trinajstić information content (AvgIpc) is 2.13. The summed E-state index contributed by atoms with van der Waals surface area (Å²) in [6, 6.07) is 0. The van der Waals surface area contributed by atoms with Crippen LogP contribution >= 0.6 is 0 Å². The smallest absolute Gasteiger partial charge is 0.233 e. The first-order chi connectivity index (χ1) is 6.66. The monoisotopic (exact) mass is 202 g/mol. The molecule has 0 heterocycles. The van der Waals surface area contributed by atoms with Gasteiger partial charge < -0.3 is 15.4 Å². The van der Waals surface area contributed by atoms with Crippen molar-refractivity contribution in [1.82, 2.24) is 10.6 Å². The van der Waals surface area contributed by atoms with Crippen LogP contribution in [0.25, 0.3) is 0 Å². The van der Waals surface area contributed by atoms with Crippen molar-refractivity contribution in [3.63, 3.8) is 0 Å². The van der Waals surface area contributed by atoms with Crippen LogP contribution in [-0.4, -0.2) is 38.3 Å². The van der Waals surface area contributed by atoms with E-state index in [9.17, 15) is 4.79 Å². The average molecular weight is 202 g/mol. The van der Waals surface area contributed by atoms with Crippen LogP contribution < -0.4 is 10.6 Å². The molecule has 0 aromatic heterocycles. The van der Waals surface area contributed by atoms with Crippen molar-refractivity contribution in [2.45, 2.75) is 33.3 Å². The predicted molar refractivity (Wildman–Crippen MR) is 57.3 cm³/mol. The molecule has 0 aliphatic rings. The maximum atomic E-state index is 11.1. The Morgan fingerprint density at radius 3 is 2.71 bits per heavy atom. The molecule has 0 aliphatic carbocycles. The van der Waals surface area contributed by atoms with Crippen LogP contribution in [0, 0.1) is 0 Å². The van der Waals surface area contributed by atoms with Crippen LogP contribution in [0.15, 0.2) is 0 Å². The molecule has 0 aliphatic heterocycles. The Hall–Kier alpha value is -0.610. The fraction of sp³-hybridized carbons (Fsp3) is 0.900. The summed E-state index contributed by atoms with van der Waals surface area (Å²) in [5, 5.41) is 5.77. The number of carbonyl (C=O) groups is 1. The van der Waals surface area contributed by atoms with Gasteiger partial charge in [-0.3, -0.25) is 4.79 Å². The fourth-order valence-corrected chi connectivity index (χ4v) is 0.920. The van der Waals surface area contributed by atoms with Crippen LogP contribution in [0.5, 0.6) is 0 Å². The summed E-state index contributed by atoms with van der Waals surface area (Å²) < 4.78 is 5.34. The lowest BCUT2D eigenvalue weighted by Crippen LogP contribution is -2.34. The zero-order valence-corrected chi connectivity index (χ0v) is 9.43. The molecule has 0 atom stereocenters. The van der Waals surface area contributed by atoms with E-state index in [1.165, 1.54) is 0 Å². The maximum Gasteiger partial charge on any atom is 0.233 e. The molecule has 4 heteroatoms. The van der Waals surface area contributed by atoms with Crippen LogP contribution in [-0.2, 0) is 9.53 Å². The van der Waals surface area contributed by atoms with Crippen LogP contribution in [0.4, 0.5) is 0 Å². The summed E-state index contributed by atoms with van der Waals surface area (Å²) in [5.41, 5.74) is 0. The molecule has 0 spiro atoms. The molecule has 0 saturated carbocycles. The number of nitrogens with one attached hydrogen (secondary N) is 2. The highest BCUT2D eigenvalue weighted by Crippen LogP contribution is 1.88. The molecule has 0 aromatic carbocycles. The number of rotatable bonds is 8. The van der Waals surface area contributed by atoms with Gasteiger partial charge in [0.2, 0.25) is 5.91 Å². The van der Waals surface area contributed by atoms with E-state index in [4.69, 9.17) is 4.74 Å². The summed E-state index contributed by atoms with van der Waals surface area (Å²) >= 11 is 0. The Morgan fingerprint density at radius 2 is 2.14 bits per heavy atom. The van der Waals surface area contributed by atoms with E-state index >= 15 is 0 Å². The van der Waals surface area contributed by atoms with Gasteiger partial charge in [-0.15, -0.1) is 0 Å². The van der Waals surface area contributed by atoms with E-state index in [2.05, 4.69) is 10.6 Å². The van der Waals surface area contributed by atoms with Crippen LogP contribution in [0.2, 0.25) is 0 Å². The van der Waals surface area contributed by atoms with Crippen LogP contribution in [0.3, 0.4) is 0 Å². The molecule has 84 valence electrons. The molecule has 0 saturated heterocycles. The number of hydrogen-bond donors (Lipinski definition) is 2. The molecule has 0 radical (unpaired) electrons. The lowest BCUT2D eigenvalue weighted by atomic mass is 10.4.